The van der Waals surface area contributed by atoms with Crippen LogP contribution in [-0.4, -0.2) is 18.5 Å². The molecule has 2 nitrogen and oxygen atoms in total. The second-order valence-corrected chi connectivity index (χ2v) is 4.41. The van der Waals surface area contributed by atoms with Crippen molar-refractivity contribution < 1.29 is 9.47 Å². The summed E-state index contributed by atoms with van der Waals surface area (Å²) < 4.78 is 11.4. The Bertz CT molecular complexity index is 137. The summed E-state index contributed by atoms with van der Waals surface area (Å²) in [5.74, 6) is 0. The fourth-order valence-corrected chi connectivity index (χ4v) is 2.00. The summed E-state index contributed by atoms with van der Waals surface area (Å²) in [6.45, 7) is 6.51. The van der Waals surface area contributed by atoms with Gasteiger partial charge in [-0.3, -0.25) is 0 Å². The Morgan fingerprint density at radius 2 is 1.64 bits per heavy atom. The van der Waals surface area contributed by atoms with Gasteiger partial charge in [-0.1, -0.05) is 26.2 Å². The first kappa shape index (κ1) is 12.0. The normalized spacial score (nSPS) is 33.2. The first-order valence-corrected chi connectivity index (χ1v) is 6.03. The summed E-state index contributed by atoms with van der Waals surface area (Å²) in [5.41, 5.74) is 0. The van der Waals surface area contributed by atoms with Crippen LogP contribution in [0.4, 0.5) is 0 Å². The predicted octanol–water partition coefficient (Wildman–Crippen LogP) is 3.50. The van der Waals surface area contributed by atoms with E-state index < -0.39 is 0 Å². The Kier molecular flexibility index (Phi) is 5.49. The van der Waals surface area contributed by atoms with Crippen LogP contribution < -0.4 is 0 Å². The van der Waals surface area contributed by atoms with E-state index in [0.717, 1.165) is 12.8 Å². The molecule has 0 aliphatic carbocycles. The van der Waals surface area contributed by atoms with Gasteiger partial charge in [-0.05, 0) is 33.1 Å². The topological polar surface area (TPSA) is 18.5 Å². The summed E-state index contributed by atoms with van der Waals surface area (Å²) in [5, 5.41) is 0. The number of hydrogen-bond acceptors (Lipinski definition) is 2. The van der Waals surface area contributed by atoms with Gasteiger partial charge in [-0.15, -0.1) is 0 Å². The van der Waals surface area contributed by atoms with Gasteiger partial charge in [0.1, 0.15) is 0 Å². The van der Waals surface area contributed by atoms with E-state index in [4.69, 9.17) is 9.47 Å². The highest BCUT2D eigenvalue weighted by atomic mass is 16.7. The summed E-state index contributed by atoms with van der Waals surface area (Å²) in [7, 11) is 0. The highest BCUT2D eigenvalue weighted by Gasteiger charge is 2.23. The first-order chi connectivity index (χ1) is 6.72. The number of rotatable bonds is 5. The molecule has 0 aromatic heterocycles. The maximum Gasteiger partial charge on any atom is 0.158 e. The molecule has 1 heterocycles. The summed E-state index contributed by atoms with van der Waals surface area (Å²) in [6, 6.07) is 0. The lowest BCUT2D eigenvalue weighted by atomic mass is 10.1. The van der Waals surface area contributed by atoms with E-state index >= 15 is 0 Å². The van der Waals surface area contributed by atoms with Crippen molar-refractivity contribution in [2.75, 3.05) is 0 Å². The van der Waals surface area contributed by atoms with Gasteiger partial charge >= 0.3 is 0 Å². The summed E-state index contributed by atoms with van der Waals surface area (Å²) >= 11 is 0. The van der Waals surface area contributed by atoms with Crippen LogP contribution in [0.15, 0.2) is 0 Å². The van der Waals surface area contributed by atoms with Gasteiger partial charge < -0.3 is 9.47 Å². The van der Waals surface area contributed by atoms with Crippen LogP contribution >= 0.6 is 0 Å². The quantitative estimate of drug-likeness (QED) is 0.632. The third kappa shape index (κ3) is 4.43. The van der Waals surface area contributed by atoms with Gasteiger partial charge in [0, 0.05) is 0 Å². The minimum atomic E-state index is 0.0607. The largest absolute Gasteiger partial charge is 0.350 e. The molecular formula is C12H24O2. The molecule has 2 heteroatoms. The minimum Gasteiger partial charge on any atom is -0.350 e. The van der Waals surface area contributed by atoms with Gasteiger partial charge in [0.15, 0.2) is 6.29 Å². The van der Waals surface area contributed by atoms with Gasteiger partial charge in [0.05, 0.1) is 12.2 Å². The number of hydrogen-bond donors (Lipinski definition) is 0. The molecule has 1 unspecified atom stereocenters. The Morgan fingerprint density at radius 3 is 2.21 bits per heavy atom. The lowest BCUT2D eigenvalue weighted by Crippen LogP contribution is -2.35. The van der Waals surface area contributed by atoms with E-state index in [-0.39, 0.29) is 6.29 Å². The van der Waals surface area contributed by atoms with Gasteiger partial charge in [0.2, 0.25) is 0 Å². The van der Waals surface area contributed by atoms with Crippen molar-refractivity contribution in [2.45, 2.75) is 77.8 Å². The van der Waals surface area contributed by atoms with Crippen molar-refractivity contribution in [1.82, 2.24) is 0 Å². The molecule has 0 aromatic rings. The minimum absolute atomic E-state index is 0.0607. The van der Waals surface area contributed by atoms with Crippen LogP contribution in [0, 0.1) is 0 Å². The fraction of sp³-hybridized carbons (Fsp3) is 1.00. The van der Waals surface area contributed by atoms with Gasteiger partial charge in [0.25, 0.3) is 0 Å². The molecular weight excluding hydrogens is 176 g/mol. The second kappa shape index (κ2) is 6.41. The van der Waals surface area contributed by atoms with Crippen molar-refractivity contribution in [3.63, 3.8) is 0 Å². The van der Waals surface area contributed by atoms with E-state index in [2.05, 4.69) is 20.8 Å². The van der Waals surface area contributed by atoms with Crippen LogP contribution in [0.3, 0.4) is 0 Å². The summed E-state index contributed by atoms with van der Waals surface area (Å²) in [6.07, 6.45) is 8.06. The highest BCUT2D eigenvalue weighted by Crippen LogP contribution is 2.21. The molecule has 0 aromatic carbocycles. The van der Waals surface area contributed by atoms with E-state index in [1.807, 2.05) is 0 Å². The third-order valence-electron chi connectivity index (χ3n) is 2.73. The van der Waals surface area contributed by atoms with Crippen LogP contribution in [0.5, 0.6) is 0 Å². The maximum absolute atomic E-state index is 5.71. The molecule has 0 saturated carbocycles. The first-order valence-electron chi connectivity index (χ1n) is 6.03. The van der Waals surface area contributed by atoms with Crippen LogP contribution in [-0.2, 0) is 9.47 Å². The average molecular weight is 200 g/mol. The molecule has 0 amide bonds. The molecule has 1 rings (SSSR count). The molecule has 0 N–H and O–H groups in total. The molecule has 84 valence electrons. The Hall–Kier alpha value is -0.0800. The van der Waals surface area contributed by atoms with Crippen molar-refractivity contribution in [2.24, 2.45) is 0 Å². The maximum atomic E-state index is 5.71. The standard InChI is InChI=1S/C12H24O2/c1-4-5-6-7-8-12-13-10(2)9-11(3)14-12/h10-12H,4-9H2,1-3H3/t10-,11+,12?. The Labute approximate surface area is 88.0 Å². The lowest BCUT2D eigenvalue weighted by molar-refractivity contribution is -0.236. The monoisotopic (exact) mass is 200 g/mol. The van der Waals surface area contributed by atoms with Crippen molar-refractivity contribution in [1.29, 1.82) is 0 Å². The number of unbranched alkanes of at least 4 members (excludes halogenated alkanes) is 3. The molecule has 0 radical (unpaired) electrons. The zero-order valence-electron chi connectivity index (χ0n) is 9.79. The number of ether oxygens (including phenoxy) is 2. The summed E-state index contributed by atoms with van der Waals surface area (Å²) in [4.78, 5) is 0. The van der Waals surface area contributed by atoms with E-state index in [9.17, 15) is 0 Å². The molecule has 1 fully saturated rings. The van der Waals surface area contributed by atoms with Crippen molar-refractivity contribution in [3.8, 4) is 0 Å². The van der Waals surface area contributed by atoms with E-state index in [1.54, 1.807) is 0 Å². The molecule has 0 bridgehead atoms. The van der Waals surface area contributed by atoms with Crippen LogP contribution in [0.1, 0.15) is 59.3 Å². The molecule has 0 spiro atoms. The SMILES string of the molecule is CCCCCCC1O[C@H](C)C[C@H](C)O1. The predicted molar refractivity (Wildman–Crippen MR) is 58.3 cm³/mol. The van der Waals surface area contributed by atoms with Crippen molar-refractivity contribution >= 4 is 0 Å². The Morgan fingerprint density at radius 1 is 1.00 bits per heavy atom. The molecule has 1 saturated heterocycles. The van der Waals surface area contributed by atoms with E-state index in [1.165, 1.54) is 25.7 Å². The lowest BCUT2D eigenvalue weighted by Gasteiger charge is -2.32. The van der Waals surface area contributed by atoms with Crippen molar-refractivity contribution in [3.05, 3.63) is 0 Å². The second-order valence-electron chi connectivity index (χ2n) is 4.41. The Balaban J connectivity index is 2.10. The van der Waals surface area contributed by atoms with Crippen LogP contribution in [0.2, 0.25) is 0 Å². The molecule has 1 aliphatic rings. The van der Waals surface area contributed by atoms with E-state index in [0.29, 0.717) is 12.2 Å². The fourth-order valence-electron chi connectivity index (χ4n) is 2.00. The van der Waals surface area contributed by atoms with Crippen LogP contribution in [0.25, 0.3) is 0 Å². The third-order valence-corrected chi connectivity index (χ3v) is 2.73. The smallest absolute Gasteiger partial charge is 0.158 e. The zero-order chi connectivity index (χ0) is 10.4. The highest BCUT2D eigenvalue weighted by molar-refractivity contribution is 4.65. The zero-order valence-corrected chi connectivity index (χ0v) is 9.79. The molecule has 14 heavy (non-hydrogen) atoms. The molecule has 1 aliphatic heterocycles. The van der Waals surface area contributed by atoms with Gasteiger partial charge in [-0.25, -0.2) is 0 Å². The average Bonchev–Trinajstić information content (AvgIpc) is 2.11. The van der Waals surface area contributed by atoms with Gasteiger partial charge in [-0.2, -0.15) is 0 Å². The molecule has 3 atom stereocenters.